The van der Waals surface area contributed by atoms with Crippen LogP contribution < -0.4 is 9.64 Å². The average Bonchev–Trinajstić information content (AvgIpc) is 3.10. The van der Waals surface area contributed by atoms with E-state index in [0.29, 0.717) is 31.2 Å². The minimum absolute atomic E-state index is 0.0102. The first kappa shape index (κ1) is 21.2. The van der Waals surface area contributed by atoms with Gasteiger partial charge in [0.25, 0.3) is 0 Å². The van der Waals surface area contributed by atoms with Gasteiger partial charge in [0.15, 0.2) is 0 Å². The van der Waals surface area contributed by atoms with E-state index in [-0.39, 0.29) is 24.3 Å². The molecule has 2 aliphatic rings. The molecular formula is C23H28N4O4. The molecule has 1 aromatic carbocycles. The van der Waals surface area contributed by atoms with E-state index in [9.17, 15) is 9.59 Å². The number of hydrogen-bond donors (Lipinski definition) is 0. The molecule has 3 heterocycles. The summed E-state index contributed by atoms with van der Waals surface area (Å²) in [7, 11) is 3.16. The van der Waals surface area contributed by atoms with Crippen LogP contribution in [0.5, 0.6) is 5.75 Å². The number of rotatable bonds is 6. The van der Waals surface area contributed by atoms with Crippen LogP contribution in [0.1, 0.15) is 41.4 Å². The number of aryl methyl sites for hydroxylation is 1. The molecule has 1 atom stereocenters. The summed E-state index contributed by atoms with van der Waals surface area (Å²) < 4.78 is 10.5. The summed E-state index contributed by atoms with van der Waals surface area (Å²) in [5, 5.41) is 0. The molecule has 164 valence electrons. The Kier molecular flexibility index (Phi) is 6.18. The predicted molar refractivity (Wildman–Crippen MR) is 115 cm³/mol. The zero-order valence-corrected chi connectivity index (χ0v) is 18.3. The number of methoxy groups -OCH3 is 2. The first-order valence-electron chi connectivity index (χ1n) is 10.6. The lowest BCUT2D eigenvalue weighted by atomic mass is 9.96. The van der Waals surface area contributed by atoms with Crippen molar-refractivity contribution in [3.05, 3.63) is 46.9 Å². The second kappa shape index (κ2) is 9.01. The van der Waals surface area contributed by atoms with Crippen LogP contribution in [0.3, 0.4) is 0 Å². The van der Waals surface area contributed by atoms with Crippen molar-refractivity contribution in [2.75, 3.05) is 38.8 Å². The average molecular weight is 425 g/mol. The van der Waals surface area contributed by atoms with Gasteiger partial charge in [0.05, 0.1) is 20.1 Å². The Morgan fingerprint density at radius 2 is 2.03 bits per heavy atom. The standard InChI is InChI=1S/C23H28N4O4/c1-15-18-11-20(28)27(13-16-7-4-5-9-19(16)31-3)23(18)25-22(24-15)17-8-6-10-26(12-17)21(29)14-30-2/h4-5,7,9,17H,6,8,10-14H2,1-3H3. The Balaban J connectivity index is 1.62. The number of para-hydroxylation sites is 1. The number of aromatic nitrogens is 2. The molecule has 1 fully saturated rings. The van der Waals surface area contributed by atoms with Gasteiger partial charge in [-0.05, 0) is 25.8 Å². The molecule has 2 aliphatic heterocycles. The lowest BCUT2D eigenvalue weighted by Gasteiger charge is -2.32. The Morgan fingerprint density at radius 3 is 2.81 bits per heavy atom. The maximum Gasteiger partial charge on any atom is 0.248 e. The molecule has 8 nitrogen and oxygen atoms in total. The fourth-order valence-electron chi connectivity index (χ4n) is 4.38. The van der Waals surface area contributed by atoms with Crippen LogP contribution in [0.2, 0.25) is 0 Å². The van der Waals surface area contributed by atoms with Crippen molar-refractivity contribution < 1.29 is 19.1 Å². The van der Waals surface area contributed by atoms with E-state index in [4.69, 9.17) is 19.4 Å². The first-order chi connectivity index (χ1) is 15.0. The molecule has 0 saturated carbocycles. The summed E-state index contributed by atoms with van der Waals surface area (Å²) in [5.74, 6) is 2.16. The van der Waals surface area contributed by atoms with E-state index < -0.39 is 0 Å². The third-order valence-electron chi connectivity index (χ3n) is 6.02. The van der Waals surface area contributed by atoms with Crippen molar-refractivity contribution >= 4 is 17.6 Å². The summed E-state index contributed by atoms with van der Waals surface area (Å²) in [6.45, 7) is 3.70. The van der Waals surface area contributed by atoms with Crippen LogP contribution in [0.15, 0.2) is 24.3 Å². The van der Waals surface area contributed by atoms with Gasteiger partial charge in [0.2, 0.25) is 11.8 Å². The van der Waals surface area contributed by atoms with Gasteiger partial charge < -0.3 is 14.4 Å². The van der Waals surface area contributed by atoms with E-state index in [1.54, 1.807) is 12.0 Å². The Morgan fingerprint density at radius 1 is 1.23 bits per heavy atom. The molecule has 2 amide bonds. The lowest BCUT2D eigenvalue weighted by molar-refractivity contribution is -0.136. The monoisotopic (exact) mass is 424 g/mol. The molecule has 0 radical (unpaired) electrons. The van der Waals surface area contributed by atoms with Crippen molar-refractivity contribution in [3.8, 4) is 5.75 Å². The van der Waals surface area contributed by atoms with E-state index in [1.165, 1.54) is 7.11 Å². The van der Waals surface area contributed by atoms with E-state index in [0.717, 1.165) is 42.0 Å². The minimum Gasteiger partial charge on any atom is -0.496 e. The van der Waals surface area contributed by atoms with Gasteiger partial charge >= 0.3 is 0 Å². The Labute approximate surface area is 182 Å². The second-order valence-corrected chi connectivity index (χ2v) is 8.05. The molecule has 31 heavy (non-hydrogen) atoms. The topological polar surface area (TPSA) is 84.9 Å². The fraction of sp³-hybridized carbons (Fsp3) is 0.478. The molecule has 1 saturated heterocycles. The van der Waals surface area contributed by atoms with Gasteiger partial charge in [-0.3, -0.25) is 14.5 Å². The number of fused-ring (bicyclic) bond motifs is 1. The van der Waals surface area contributed by atoms with E-state index >= 15 is 0 Å². The number of amides is 2. The van der Waals surface area contributed by atoms with Crippen LogP contribution in [-0.2, 0) is 27.3 Å². The molecule has 0 spiro atoms. The molecule has 2 aromatic rings. The summed E-state index contributed by atoms with van der Waals surface area (Å²) in [6, 6.07) is 7.69. The highest BCUT2D eigenvalue weighted by Crippen LogP contribution is 2.34. The SMILES string of the molecule is COCC(=O)N1CCCC(c2nc(C)c3c(n2)N(Cc2ccccc2OC)C(=O)C3)C1. The number of carbonyl (C=O) groups excluding carboxylic acids is 2. The molecule has 1 aromatic heterocycles. The van der Waals surface area contributed by atoms with Crippen LogP contribution >= 0.6 is 0 Å². The van der Waals surface area contributed by atoms with Crippen molar-refractivity contribution in [2.45, 2.75) is 38.6 Å². The molecular weight excluding hydrogens is 396 g/mol. The summed E-state index contributed by atoms with van der Waals surface area (Å²) >= 11 is 0. The number of benzene rings is 1. The summed E-state index contributed by atoms with van der Waals surface area (Å²) in [4.78, 5) is 38.2. The molecule has 0 N–H and O–H groups in total. The molecule has 0 bridgehead atoms. The number of hydrogen-bond acceptors (Lipinski definition) is 6. The first-order valence-corrected chi connectivity index (χ1v) is 10.6. The number of piperidine rings is 1. The minimum atomic E-state index is -0.0157. The highest BCUT2D eigenvalue weighted by molar-refractivity contribution is 6.00. The molecule has 4 rings (SSSR count). The van der Waals surface area contributed by atoms with Gasteiger partial charge in [-0.25, -0.2) is 9.97 Å². The van der Waals surface area contributed by atoms with Gasteiger partial charge in [-0.1, -0.05) is 18.2 Å². The van der Waals surface area contributed by atoms with E-state index in [2.05, 4.69) is 0 Å². The number of nitrogens with zero attached hydrogens (tertiary/aromatic N) is 4. The Bertz CT molecular complexity index is 994. The van der Waals surface area contributed by atoms with Crippen molar-refractivity contribution in [3.63, 3.8) is 0 Å². The van der Waals surface area contributed by atoms with Crippen LogP contribution in [0, 0.1) is 6.92 Å². The quantitative estimate of drug-likeness (QED) is 0.707. The number of carbonyl (C=O) groups is 2. The normalized spacial score (nSPS) is 18.3. The van der Waals surface area contributed by atoms with Crippen molar-refractivity contribution in [2.24, 2.45) is 0 Å². The predicted octanol–water partition coefficient (Wildman–Crippen LogP) is 2.24. The van der Waals surface area contributed by atoms with Crippen molar-refractivity contribution in [1.82, 2.24) is 14.9 Å². The van der Waals surface area contributed by atoms with E-state index in [1.807, 2.05) is 36.1 Å². The number of likely N-dealkylation sites (tertiary alicyclic amines) is 1. The van der Waals surface area contributed by atoms with Gasteiger partial charge in [0.1, 0.15) is 24.0 Å². The fourth-order valence-corrected chi connectivity index (χ4v) is 4.38. The van der Waals surface area contributed by atoms with Gasteiger partial charge in [-0.15, -0.1) is 0 Å². The van der Waals surface area contributed by atoms with Gasteiger partial charge in [0, 0.05) is 42.9 Å². The zero-order chi connectivity index (χ0) is 22.0. The maximum atomic E-state index is 12.8. The van der Waals surface area contributed by atoms with Crippen molar-refractivity contribution in [1.29, 1.82) is 0 Å². The van der Waals surface area contributed by atoms with Crippen LogP contribution in [-0.4, -0.2) is 60.6 Å². The number of anilines is 1. The van der Waals surface area contributed by atoms with Gasteiger partial charge in [-0.2, -0.15) is 0 Å². The third kappa shape index (κ3) is 4.25. The third-order valence-corrected chi connectivity index (χ3v) is 6.02. The molecule has 8 heteroatoms. The highest BCUT2D eigenvalue weighted by atomic mass is 16.5. The maximum absolute atomic E-state index is 12.8. The second-order valence-electron chi connectivity index (χ2n) is 8.05. The Hall–Kier alpha value is -3.00. The largest absolute Gasteiger partial charge is 0.496 e. The number of ether oxygens (including phenoxy) is 2. The molecule has 0 aliphatic carbocycles. The summed E-state index contributed by atoms with van der Waals surface area (Å²) in [6.07, 6.45) is 2.11. The van der Waals surface area contributed by atoms with Crippen LogP contribution in [0.4, 0.5) is 5.82 Å². The molecule has 1 unspecified atom stereocenters. The highest BCUT2D eigenvalue weighted by Gasteiger charge is 2.34. The summed E-state index contributed by atoms with van der Waals surface area (Å²) in [5.41, 5.74) is 2.64. The zero-order valence-electron chi connectivity index (χ0n) is 18.3. The smallest absolute Gasteiger partial charge is 0.248 e. The lowest BCUT2D eigenvalue weighted by Crippen LogP contribution is -2.41. The van der Waals surface area contributed by atoms with Crippen LogP contribution in [0.25, 0.3) is 0 Å².